The number of thiazole rings is 1. The van der Waals surface area contributed by atoms with Crippen LogP contribution in [0.2, 0.25) is 5.15 Å². The Bertz CT molecular complexity index is 525. The van der Waals surface area contributed by atoms with Crippen molar-refractivity contribution in [2.45, 2.75) is 33.2 Å². The van der Waals surface area contributed by atoms with Gasteiger partial charge in [-0.25, -0.2) is 9.97 Å². The molecule has 2 aromatic heterocycles. The first kappa shape index (κ1) is 13.2. The minimum atomic E-state index is 0.257. The van der Waals surface area contributed by atoms with Crippen LogP contribution in [0.1, 0.15) is 36.0 Å². The average molecular weight is 283 g/mol. The number of aromatic nitrogens is 3. The average Bonchev–Trinajstić information content (AvgIpc) is 2.83. The van der Waals surface area contributed by atoms with Crippen LogP contribution in [0.15, 0.2) is 11.7 Å². The molecule has 4 nitrogen and oxygen atoms in total. The lowest BCUT2D eigenvalue weighted by molar-refractivity contribution is 0.771. The summed E-state index contributed by atoms with van der Waals surface area (Å²) < 4.78 is 0. The van der Waals surface area contributed by atoms with Gasteiger partial charge in [0, 0.05) is 22.6 Å². The number of rotatable bonds is 4. The van der Waals surface area contributed by atoms with Gasteiger partial charge in [0.05, 0.1) is 12.1 Å². The fourth-order valence-electron chi connectivity index (χ4n) is 1.44. The molecule has 96 valence electrons. The number of hydrogen-bond donors (Lipinski definition) is 1. The van der Waals surface area contributed by atoms with Crippen LogP contribution in [-0.4, -0.2) is 15.0 Å². The summed E-state index contributed by atoms with van der Waals surface area (Å²) in [6.45, 7) is 6.72. The second kappa shape index (κ2) is 5.63. The van der Waals surface area contributed by atoms with Crippen molar-refractivity contribution < 1.29 is 0 Å². The molecule has 0 unspecified atom stereocenters. The van der Waals surface area contributed by atoms with Crippen molar-refractivity contribution >= 4 is 28.8 Å². The molecule has 2 rings (SSSR count). The quantitative estimate of drug-likeness (QED) is 0.870. The SMILES string of the molecule is Cc1c(Cl)nc(C(C)C)nc1NCc1cncs1. The highest BCUT2D eigenvalue weighted by Crippen LogP contribution is 2.23. The molecule has 0 aromatic carbocycles. The predicted octanol–water partition coefficient (Wildman–Crippen LogP) is 3.63. The van der Waals surface area contributed by atoms with E-state index in [9.17, 15) is 0 Å². The molecule has 0 saturated heterocycles. The molecule has 6 heteroatoms. The zero-order valence-electron chi connectivity index (χ0n) is 10.6. The molecule has 0 aliphatic heterocycles. The maximum Gasteiger partial charge on any atom is 0.137 e. The largest absolute Gasteiger partial charge is 0.365 e. The normalized spacial score (nSPS) is 10.9. The summed E-state index contributed by atoms with van der Waals surface area (Å²) in [5, 5.41) is 3.80. The van der Waals surface area contributed by atoms with Crippen LogP contribution in [0, 0.1) is 6.92 Å². The van der Waals surface area contributed by atoms with Crippen molar-refractivity contribution in [3.63, 3.8) is 0 Å². The topological polar surface area (TPSA) is 50.7 Å². The van der Waals surface area contributed by atoms with E-state index in [1.807, 2.05) is 32.5 Å². The van der Waals surface area contributed by atoms with Crippen molar-refractivity contribution in [3.8, 4) is 0 Å². The number of halogens is 1. The minimum absolute atomic E-state index is 0.257. The lowest BCUT2D eigenvalue weighted by atomic mass is 10.2. The van der Waals surface area contributed by atoms with Crippen LogP contribution < -0.4 is 5.32 Å². The van der Waals surface area contributed by atoms with Crippen molar-refractivity contribution in [2.75, 3.05) is 5.32 Å². The van der Waals surface area contributed by atoms with Gasteiger partial charge in [0.15, 0.2) is 0 Å². The first-order valence-electron chi connectivity index (χ1n) is 5.73. The van der Waals surface area contributed by atoms with Crippen molar-refractivity contribution in [1.29, 1.82) is 0 Å². The summed E-state index contributed by atoms with van der Waals surface area (Å²) in [6.07, 6.45) is 1.85. The summed E-state index contributed by atoms with van der Waals surface area (Å²) in [4.78, 5) is 14.0. The first-order valence-corrected chi connectivity index (χ1v) is 6.99. The van der Waals surface area contributed by atoms with Crippen LogP contribution in [0.4, 0.5) is 5.82 Å². The van der Waals surface area contributed by atoms with Crippen molar-refractivity contribution in [3.05, 3.63) is 33.1 Å². The molecule has 0 atom stereocenters. The number of nitrogens with one attached hydrogen (secondary N) is 1. The number of nitrogens with zero attached hydrogens (tertiary/aromatic N) is 3. The Morgan fingerprint density at radius 1 is 1.39 bits per heavy atom. The molecule has 0 aliphatic carbocycles. The third-order valence-corrected chi connectivity index (χ3v) is 3.68. The van der Waals surface area contributed by atoms with Gasteiger partial charge in [-0.3, -0.25) is 4.98 Å². The van der Waals surface area contributed by atoms with E-state index in [4.69, 9.17) is 11.6 Å². The van der Waals surface area contributed by atoms with Gasteiger partial charge >= 0.3 is 0 Å². The maximum atomic E-state index is 6.12. The molecule has 0 spiro atoms. The minimum Gasteiger partial charge on any atom is -0.365 e. The van der Waals surface area contributed by atoms with Crippen molar-refractivity contribution in [2.24, 2.45) is 0 Å². The highest BCUT2D eigenvalue weighted by atomic mass is 35.5. The fourth-order valence-corrected chi connectivity index (χ4v) is 2.15. The molecule has 2 aromatic rings. The van der Waals surface area contributed by atoms with E-state index < -0.39 is 0 Å². The molecule has 0 amide bonds. The Labute approximate surface area is 115 Å². The van der Waals surface area contributed by atoms with Gasteiger partial charge in [0.2, 0.25) is 0 Å². The summed E-state index contributed by atoms with van der Waals surface area (Å²) >= 11 is 7.74. The molecule has 2 heterocycles. The molecular weight excluding hydrogens is 268 g/mol. The highest BCUT2D eigenvalue weighted by Gasteiger charge is 2.11. The zero-order chi connectivity index (χ0) is 13.1. The Morgan fingerprint density at radius 2 is 2.17 bits per heavy atom. The van der Waals surface area contributed by atoms with E-state index in [2.05, 4.69) is 20.3 Å². The molecule has 0 saturated carbocycles. The molecule has 18 heavy (non-hydrogen) atoms. The molecule has 0 fully saturated rings. The lowest BCUT2D eigenvalue weighted by Crippen LogP contribution is -2.07. The van der Waals surface area contributed by atoms with Crippen LogP contribution in [-0.2, 0) is 6.54 Å². The van der Waals surface area contributed by atoms with Crippen LogP contribution >= 0.6 is 22.9 Å². The summed E-state index contributed by atoms with van der Waals surface area (Å²) in [6, 6.07) is 0. The fraction of sp³-hybridized carbons (Fsp3) is 0.417. The Morgan fingerprint density at radius 3 is 2.78 bits per heavy atom. The first-order chi connectivity index (χ1) is 8.58. The highest BCUT2D eigenvalue weighted by molar-refractivity contribution is 7.09. The van der Waals surface area contributed by atoms with E-state index in [-0.39, 0.29) is 5.92 Å². The van der Waals surface area contributed by atoms with E-state index in [1.54, 1.807) is 11.3 Å². The molecular formula is C12H15ClN4S. The number of anilines is 1. The second-order valence-corrected chi connectivity index (χ2v) is 5.65. The Hall–Kier alpha value is -1.20. The number of hydrogen-bond acceptors (Lipinski definition) is 5. The summed E-state index contributed by atoms with van der Waals surface area (Å²) in [7, 11) is 0. The van der Waals surface area contributed by atoms with Crippen LogP contribution in [0.3, 0.4) is 0 Å². The second-order valence-electron chi connectivity index (χ2n) is 4.32. The van der Waals surface area contributed by atoms with E-state index in [1.165, 1.54) is 0 Å². The van der Waals surface area contributed by atoms with Crippen LogP contribution in [0.5, 0.6) is 0 Å². The van der Waals surface area contributed by atoms with Gasteiger partial charge in [0.1, 0.15) is 16.8 Å². The van der Waals surface area contributed by atoms with Gasteiger partial charge < -0.3 is 5.32 Å². The maximum absolute atomic E-state index is 6.12. The Balaban J connectivity index is 2.20. The molecule has 0 radical (unpaired) electrons. The summed E-state index contributed by atoms with van der Waals surface area (Å²) in [5.74, 6) is 1.82. The third-order valence-electron chi connectivity index (χ3n) is 2.53. The van der Waals surface area contributed by atoms with Crippen molar-refractivity contribution in [1.82, 2.24) is 15.0 Å². The van der Waals surface area contributed by atoms with Gasteiger partial charge in [-0.05, 0) is 6.92 Å². The van der Waals surface area contributed by atoms with Crippen LogP contribution in [0.25, 0.3) is 0 Å². The van der Waals surface area contributed by atoms with E-state index >= 15 is 0 Å². The molecule has 0 aliphatic rings. The monoisotopic (exact) mass is 282 g/mol. The Kier molecular flexibility index (Phi) is 4.14. The molecule has 0 bridgehead atoms. The van der Waals surface area contributed by atoms with Gasteiger partial charge in [-0.1, -0.05) is 25.4 Å². The predicted molar refractivity (Wildman–Crippen MR) is 75.3 cm³/mol. The summed E-state index contributed by atoms with van der Waals surface area (Å²) in [5.41, 5.74) is 2.70. The van der Waals surface area contributed by atoms with Gasteiger partial charge in [-0.2, -0.15) is 0 Å². The molecule has 1 N–H and O–H groups in total. The lowest BCUT2D eigenvalue weighted by Gasteiger charge is -2.12. The van der Waals surface area contributed by atoms with Gasteiger partial charge in [0.25, 0.3) is 0 Å². The van der Waals surface area contributed by atoms with E-state index in [0.29, 0.717) is 11.7 Å². The van der Waals surface area contributed by atoms with E-state index in [0.717, 1.165) is 22.1 Å². The smallest absolute Gasteiger partial charge is 0.137 e. The standard InChI is InChI=1S/C12H15ClN4S/c1-7(2)11-16-10(13)8(3)12(17-11)15-5-9-4-14-6-18-9/h4,6-7H,5H2,1-3H3,(H,15,16,17). The van der Waals surface area contributed by atoms with Gasteiger partial charge in [-0.15, -0.1) is 11.3 Å². The third kappa shape index (κ3) is 2.97. The zero-order valence-corrected chi connectivity index (χ0v) is 12.1.